The Hall–Kier alpha value is -1.32. The molecule has 1 aliphatic carbocycles. The van der Waals surface area contributed by atoms with Crippen molar-refractivity contribution in [2.24, 2.45) is 23.2 Å². The Kier molecular flexibility index (Phi) is 4.45. The van der Waals surface area contributed by atoms with Gasteiger partial charge < -0.3 is 10.2 Å². The van der Waals surface area contributed by atoms with Crippen LogP contribution in [-0.2, 0) is 9.59 Å². The molecule has 4 nitrogen and oxygen atoms in total. The van der Waals surface area contributed by atoms with E-state index < -0.39 is 0 Å². The van der Waals surface area contributed by atoms with Gasteiger partial charge >= 0.3 is 0 Å². The minimum atomic E-state index is 0.0693. The van der Waals surface area contributed by atoms with Crippen molar-refractivity contribution < 1.29 is 9.59 Å². The van der Waals surface area contributed by atoms with Crippen LogP contribution in [0.2, 0.25) is 0 Å². The first-order valence-electron chi connectivity index (χ1n) is 7.94. The van der Waals surface area contributed by atoms with Crippen molar-refractivity contribution in [2.45, 2.75) is 40.5 Å². The zero-order valence-electron chi connectivity index (χ0n) is 13.9. The van der Waals surface area contributed by atoms with E-state index >= 15 is 0 Å². The van der Waals surface area contributed by atoms with Crippen LogP contribution in [0.25, 0.3) is 0 Å². The van der Waals surface area contributed by atoms with Crippen molar-refractivity contribution in [3.63, 3.8) is 0 Å². The van der Waals surface area contributed by atoms with Crippen LogP contribution in [0.4, 0.5) is 0 Å². The summed E-state index contributed by atoms with van der Waals surface area (Å²) in [4.78, 5) is 26.3. The summed E-state index contributed by atoms with van der Waals surface area (Å²) in [6.45, 7) is 9.96. The first-order chi connectivity index (χ1) is 9.78. The van der Waals surface area contributed by atoms with Gasteiger partial charge in [-0.1, -0.05) is 25.5 Å². The molecular weight excluding hydrogens is 264 g/mol. The van der Waals surface area contributed by atoms with Crippen molar-refractivity contribution in [3.05, 3.63) is 11.6 Å². The quantitative estimate of drug-likeness (QED) is 0.811. The number of carbonyl (C=O) groups excluding carboxylic acids is 2. The number of nitrogens with one attached hydrogen (secondary N) is 1. The topological polar surface area (TPSA) is 49.4 Å². The molecule has 2 amide bonds. The highest BCUT2D eigenvalue weighted by Gasteiger charge is 2.61. The fourth-order valence-electron chi connectivity index (χ4n) is 3.58. The van der Waals surface area contributed by atoms with Gasteiger partial charge in [0.1, 0.15) is 0 Å². The molecule has 2 rings (SSSR count). The summed E-state index contributed by atoms with van der Waals surface area (Å²) in [7, 11) is 1.68. The van der Waals surface area contributed by atoms with Crippen LogP contribution in [-0.4, -0.2) is 36.9 Å². The summed E-state index contributed by atoms with van der Waals surface area (Å²) in [6.07, 6.45) is 3.80. The Bertz CT molecular complexity index is 455. The highest BCUT2D eigenvalue weighted by molar-refractivity contribution is 5.84. The molecule has 2 atom stereocenters. The lowest BCUT2D eigenvalue weighted by molar-refractivity contribution is -0.137. The van der Waals surface area contributed by atoms with E-state index in [4.69, 9.17) is 0 Å². The third-order valence-electron chi connectivity index (χ3n) is 5.11. The van der Waals surface area contributed by atoms with Gasteiger partial charge in [0.25, 0.3) is 0 Å². The molecule has 0 aromatic rings. The maximum absolute atomic E-state index is 12.7. The fraction of sp³-hybridized carbons (Fsp3) is 0.765. The molecule has 1 saturated carbocycles. The summed E-state index contributed by atoms with van der Waals surface area (Å²) in [6, 6.07) is 0. The molecule has 21 heavy (non-hydrogen) atoms. The second-order valence-electron chi connectivity index (χ2n) is 7.28. The van der Waals surface area contributed by atoms with Crippen LogP contribution in [0.1, 0.15) is 40.5 Å². The third-order valence-corrected chi connectivity index (χ3v) is 5.11. The van der Waals surface area contributed by atoms with Crippen LogP contribution < -0.4 is 5.32 Å². The molecule has 2 fully saturated rings. The number of likely N-dealkylation sites (tertiary alicyclic amines) is 1. The van der Waals surface area contributed by atoms with Gasteiger partial charge in [-0.3, -0.25) is 9.59 Å². The number of carbonyl (C=O) groups is 2. The first-order valence-corrected chi connectivity index (χ1v) is 7.94. The van der Waals surface area contributed by atoms with E-state index in [1.165, 1.54) is 5.57 Å². The van der Waals surface area contributed by atoms with E-state index in [2.05, 4.69) is 39.1 Å². The molecule has 1 heterocycles. The number of hydrogen-bond donors (Lipinski definition) is 1. The Labute approximate surface area is 128 Å². The molecule has 0 spiro atoms. The monoisotopic (exact) mass is 292 g/mol. The number of amides is 2. The van der Waals surface area contributed by atoms with Gasteiger partial charge in [0.05, 0.1) is 5.92 Å². The van der Waals surface area contributed by atoms with Gasteiger partial charge in [0.2, 0.25) is 11.8 Å². The smallest absolute Gasteiger partial charge is 0.226 e. The zero-order valence-corrected chi connectivity index (χ0v) is 13.9. The van der Waals surface area contributed by atoms with Gasteiger partial charge in [-0.05, 0) is 38.0 Å². The van der Waals surface area contributed by atoms with Crippen molar-refractivity contribution in [1.29, 1.82) is 0 Å². The number of allylic oxidation sites excluding steroid dienone is 2. The van der Waals surface area contributed by atoms with E-state index in [-0.39, 0.29) is 29.1 Å². The summed E-state index contributed by atoms with van der Waals surface area (Å²) < 4.78 is 0. The van der Waals surface area contributed by atoms with Crippen LogP contribution >= 0.6 is 0 Å². The predicted octanol–water partition coefficient (Wildman–Crippen LogP) is 2.21. The molecular formula is C17H28N2O2. The number of piperidine rings is 1. The van der Waals surface area contributed by atoms with Gasteiger partial charge in [-0.25, -0.2) is 0 Å². The average molecular weight is 292 g/mol. The lowest BCUT2D eigenvalue weighted by Gasteiger charge is -2.31. The van der Waals surface area contributed by atoms with Crippen LogP contribution in [0.5, 0.6) is 0 Å². The summed E-state index contributed by atoms with van der Waals surface area (Å²) in [5.74, 6) is 0.935. The van der Waals surface area contributed by atoms with Crippen molar-refractivity contribution in [2.75, 3.05) is 20.1 Å². The molecule has 1 saturated heterocycles. The highest BCUT2D eigenvalue weighted by Crippen LogP contribution is 2.60. The molecule has 1 N–H and O–H groups in total. The average Bonchev–Trinajstić information content (AvgIpc) is 2.97. The minimum absolute atomic E-state index is 0.0693. The fourth-order valence-corrected chi connectivity index (χ4v) is 3.58. The number of hydrogen-bond acceptors (Lipinski definition) is 2. The van der Waals surface area contributed by atoms with Gasteiger partial charge in [-0.15, -0.1) is 0 Å². The van der Waals surface area contributed by atoms with Crippen molar-refractivity contribution in [1.82, 2.24) is 10.2 Å². The Morgan fingerprint density at radius 2 is 1.76 bits per heavy atom. The second-order valence-corrected chi connectivity index (χ2v) is 7.28. The Morgan fingerprint density at radius 1 is 1.19 bits per heavy atom. The molecule has 2 aliphatic rings. The van der Waals surface area contributed by atoms with E-state index in [0.717, 1.165) is 12.8 Å². The SMILES string of the molecule is CNC(=O)C1CCN(C(=O)C2C(C=C(C)C)C2(C)C)CC1. The predicted molar refractivity (Wildman–Crippen MR) is 83.6 cm³/mol. The lowest BCUT2D eigenvalue weighted by Crippen LogP contribution is -2.43. The molecule has 0 aromatic carbocycles. The molecule has 2 unspecified atom stereocenters. The number of nitrogens with zero attached hydrogens (tertiary/aromatic N) is 1. The largest absolute Gasteiger partial charge is 0.359 e. The number of rotatable bonds is 3. The zero-order chi connectivity index (χ0) is 15.8. The lowest BCUT2D eigenvalue weighted by atomic mass is 9.95. The van der Waals surface area contributed by atoms with Crippen LogP contribution in [0, 0.1) is 23.2 Å². The van der Waals surface area contributed by atoms with Crippen LogP contribution in [0.15, 0.2) is 11.6 Å². The molecule has 4 heteroatoms. The summed E-state index contributed by atoms with van der Waals surface area (Å²) in [5, 5.41) is 2.71. The van der Waals surface area contributed by atoms with Gasteiger partial charge in [0, 0.05) is 26.1 Å². The molecule has 0 bridgehead atoms. The summed E-state index contributed by atoms with van der Waals surface area (Å²) >= 11 is 0. The first kappa shape index (κ1) is 16.1. The normalized spacial score (nSPS) is 28.0. The molecule has 0 radical (unpaired) electrons. The van der Waals surface area contributed by atoms with Crippen LogP contribution in [0.3, 0.4) is 0 Å². The van der Waals surface area contributed by atoms with E-state index in [1.807, 2.05) is 4.90 Å². The van der Waals surface area contributed by atoms with Crippen molar-refractivity contribution in [3.8, 4) is 0 Å². The molecule has 0 aromatic heterocycles. The van der Waals surface area contributed by atoms with Gasteiger partial charge in [-0.2, -0.15) is 0 Å². The highest BCUT2D eigenvalue weighted by atomic mass is 16.2. The minimum Gasteiger partial charge on any atom is -0.359 e. The van der Waals surface area contributed by atoms with E-state index in [1.54, 1.807) is 7.05 Å². The third kappa shape index (κ3) is 3.14. The van der Waals surface area contributed by atoms with E-state index in [9.17, 15) is 9.59 Å². The standard InChI is InChI=1S/C17H28N2O2/c1-11(2)10-13-14(17(13,3)4)16(21)19-8-6-12(7-9-19)15(20)18-5/h10,12-14H,6-9H2,1-5H3,(H,18,20). The van der Waals surface area contributed by atoms with Crippen molar-refractivity contribution >= 4 is 11.8 Å². The van der Waals surface area contributed by atoms with Gasteiger partial charge in [0.15, 0.2) is 0 Å². The maximum Gasteiger partial charge on any atom is 0.226 e. The van der Waals surface area contributed by atoms with E-state index in [0.29, 0.717) is 19.0 Å². The molecule has 118 valence electrons. The Morgan fingerprint density at radius 3 is 2.24 bits per heavy atom. The Balaban J connectivity index is 1.94. The summed E-state index contributed by atoms with van der Waals surface area (Å²) in [5.41, 5.74) is 1.35. The maximum atomic E-state index is 12.7. The molecule has 1 aliphatic heterocycles. The second kappa shape index (κ2) is 5.82.